The maximum absolute atomic E-state index is 13.6. The molecule has 2 atom stereocenters. The van der Waals surface area contributed by atoms with Crippen molar-refractivity contribution in [3.05, 3.63) is 32.6 Å². The fraction of sp³-hybridized carbons (Fsp3) is 0.500. The topological polar surface area (TPSA) is 133 Å². The molecule has 0 bridgehead atoms. The van der Waals surface area contributed by atoms with Gasteiger partial charge in [0.2, 0.25) is 0 Å². The van der Waals surface area contributed by atoms with Crippen LogP contribution in [0.4, 0.5) is 8.78 Å². The standard InChI is InChI=1S/C10H12F2N2O6/c1-4-2-14(9(20)13-7(4)18)8(19)10(11,12)6(17)5(16)3-15/h2,5-6,15-17H,3H2,1H3,(H,13,18,20)/t5-,6-/m1/s1. The van der Waals surface area contributed by atoms with Gasteiger partial charge in [0.25, 0.3) is 5.56 Å². The Kier molecular flexibility index (Phi) is 4.53. The van der Waals surface area contributed by atoms with E-state index in [9.17, 15) is 23.2 Å². The number of aliphatic hydroxyl groups excluding tert-OH is 3. The van der Waals surface area contributed by atoms with E-state index < -0.39 is 41.9 Å². The average molecular weight is 294 g/mol. The van der Waals surface area contributed by atoms with Crippen molar-refractivity contribution >= 4 is 5.91 Å². The fourth-order valence-corrected chi connectivity index (χ4v) is 1.35. The average Bonchev–Trinajstić information content (AvgIpc) is 2.40. The summed E-state index contributed by atoms with van der Waals surface area (Å²) in [6, 6.07) is 0. The number of aromatic amines is 1. The van der Waals surface area contributed by atoms with Crippen LogP contribution in [0.5, 0.6) is 0 Å². The highest BCUT2D eigenvalue weighted by Crippen LogP contribution is 2.23. The number of nitrogens with one attached hydrogen (secondary N) is 1. The third-order valence-electron chi connectivity index (χ3n) is 2.55. The summed E-state index contributed by atoms with van der Waals surface area (Å²) >= 11 is 0. The number of aromatic nitrogens is 2. The van der Waals surface area contributed by atoms with E-state index in [2.05, 4.69) is 0 Å². The van der Waals surface area contributed by atoms with E-state index in [1.807, 2.05) is 0 Å². The minimum absolute atomic E-state index is 0.0793. The van der Waals surface area contributed by atoms with Gasteiger partial charge < -0.3 is 15.3 Å². The van der Waals surface area contributed by atoms with Crippen LogP contribution >= 0.6 is 0 Å². The SMILES string of the molecule is Cc1cn(C(=O)C(F)(F)[C@H](O)[C@H](O)CO)c(=O)[nH]c1=O. The second-order valence-corrected chi connectivity index (χ2v) is 4.06. The quantitative estimate of drug-likeness (QED) is 0.500. The Labute approximate surface area is 109 Å². The van der Waals surface area contributed by atoms with Gasteiger partial charge in [0, 0.05) is 11.8 Å². The highest BCUT2D eigenvalue weighted by Gasteiger charge is 2.50. The van der Waals surface area contributed by atoms with Crippen LogP contribution in [0.1, 0.15) is 10.4 Å². The zero-order valence-electron chi connectivity index (χ0n) is 10.2. The molecule has 0 unspecified atom stereocenters. The number of carbonyl (C=O) groups is 1. The first-order valence-electron chi connectivity index (χ1n) is 5.35. The highest BCUT2D eigenvalue weighted by atomic mass is 19.3. The van der Waals surface area contributed by atoms with Crippen molar-refractivity contribution in [2.24, 2.45) is 0 Å². The number of aliphatic hydroxyl groups is 3. The third-order valence-corrected chi connectivity index (χ3v) is 2.55. The van der Waals surface area contributed by atoms with Crippen molar-refractivity contribution in [1.82, 2.24) is 9.55 Å². The van der Waals surface area contributed by atoms with Gasteiger partial charge in [-0.05, 0) is 6.92 Å². The maximum atomic E-state index is 13.6. The Hall–Kier alpha value is -1.91. The molecule has 0 saturated carbocycles. The summed E-state index contributed by atoms with van der Waals surface area (Å²) in [7, 11) is 0. The van der Waals surface area contributed by atoms with Crippen LogP contribution in [0.15, 0.2) is 15.8 Å². The fourth-order valence-electron chi connectivity index (χ4n) is 1.35. The minimum Gasteiger partial charge on any atom is -0.394 e. The predicted octanol–water partition coefficient (Wildman–Crippen LogP) is -2.17. The van der Waals surface area contributed by atoms with Gasteiger partial charge in [-0.15, -0.1) is 0 Å². The van der Waals surface area contributed by atoms with E-state index in [1.54, 1.807) is 4.98 Å². The summed E-state index contributed by atoms with van der Waals surface area (Å²) in [4.78, 5) is 35.6. The van der Waals surface area contributed by atoms with Crippen molar-refractivity contribution in [2.45, 2.75) is 25.1 Å². The summed E-state index contributed by atoms with van der Waals surface area (Å²) < 4.78 is 27.2. The number of aryl methyl sites for hydroxylation is 1. The summed E-state index contributed by atoms with van der Waals surface area (Å²) in [5.41, 5.74) is -2.43. The number of carbonyl (C=O) groups excluding carboxylic acids is 1. The molecule has 0 fully saturated rings. The van der Waals surface area contributed by atoms with Crippen molar-refractivity contribution in [2.75, 3.05) is 6.61 Å². The third kappa shape index (κ3) is 2.81. The monoisotopic (exact) mass is 294 g/mol. The second-order valence-electron chi connectivity index (χ2n) is 4.06. The molecule has 0 aromatic carbocycles. The Morgan fingerprint density at radius 1 is 1.45 bits per heavy atom. The van der Waals surface area contributed by atoms with Crippen LogP contribution in [0.3, 0.4) is 0 Å². The molecule has 0 amide bonds. The molecule has 112 valence electrons. The van der Waals surface area contributed by atoms with E-state index in [4.69, 9.17) is 15.3 Å². The van der Waals surface area contributed by atoms with E-state index in [1.165, 1.54) is 6.92 Å². The lowest BCUT2D eigenvalue weighted by Crippen LogP contribution is -2.53. The molecule has 0 radical (unpaired) electrons. The minimum atomic E-state index is -4.53. The van der Waals surface area contributed by atoms with Gasteiger partial charge in [-0.3, -0.25) is 14.6 Å². The Morgan fingerprint density at radius 2 is 2.00 bits per heavy atom. The largest absolute Gasteiger partial charge is 0.394 e. The van der Waals surface area contributed by atoms with Gasteiger partial charge in [0.15, 0.2) is 6.10 Å². The molecule has 10 heteroatoms. The summed E-state index contributed by atoms with van der Waals surface area (Å²) in [5, 5.41) is 26.6. The molecule has 0 spiro atoms. The van der Waals surface area contributed by atoms with Crippen molar-refractivity contribution < 1.29 is 28.9 Å². The van der Waals surface area contributed by atoms with Crippen molar-refractivity contribution in [1.29, 1.82) is 0 Å². The molecule has 1 aromatic heterocycles. The Morgan fingerprint density at radius 3 is 2.50 bits per heavy atom. The smallest absolute Gasteiger partial charge is 0.353 e. The molecular formula is C10H12F2N2O6. The molecule has 1 heterocycles. The lowest BCUT2D eigenvalue weighted by molar-refractivity contribution is -0.136. The van der Waals surface area contributed by atoms with Crippen LogP contribution in [0.2, 0.25) is 0 Å². The summed E-state index contributed by atoms with van der Waals surface area (Å²) in [6.07, 6.45) is -4.58. The number of halogens is 2. The number of rotatable bonds is 4. The van der Waals surface area contributed by atoms with Crippen LogP contribution in [0.25, 0.3) is 0 Å². The Bertz CT molecular complexity index is 623. The number of hydrogen-bond donors (Lipinski definition) is 4. The molecule has 0 aliphatic carbocycles. The van der Waals surface area contributed by atoms with E-state index in [0.29, 0.717) is 6.20 Å². The van der Waals surface area contributed by atoms with E-state index in [-0.39, 0.29) is 10.1 Å². The maximum Gasteiger partial charge on any atom is 0.353 e. The predicted molar refractivity (Wildman–Crippen MR) is 60.7 cm³/mol. The molecule has 0 saturated heterocycles. The molecule has 8 nitrogen and oxygen atoms in total. The van der Waals surface area contributed by atoms with E-state index in [0.717, 1.165) is 0 Å². The number of nitrogens with zero attached hydrogens (tertiary/aromatic N) is 1. The zero-order valence-corrected chi connectivity index (χ0v) is 10.2. The van der Waals surface area contributed by atoms with Crippen LogP contribution in [0, 0.1) is 6.92 Å². The van der Waals surface area contributed by atoms with Gasteiger partial charge in [-0.1, -0.05) is 0 Å². The molecular weight excluding hydrogens is 282 g/mol. The lowest BCUT2D eigenvalue weighted by Gasteiger charge is -2.24. The second kappa shape index (κ2) is 5.61. The van der Waals surface area contributed by atoms with Crippen LogP contribution in [-0.2, 0) is 0 Å². The van der Waals surface area contributed by atoms with Crippen molar-refractivity contribution in [3.63, 3.8) is 0 Å². The Balaban J connectivity index is 3.27. The first-order valence-corrected chi connectivity index (χ1v) is 5.35. The molecule has 1 aromatic rings. The normalized spacial score (nSPS) is 14.9. The number of hydrogen-bond acceptors (Lipinski definition) is 6. The van der Waals surface area contributed by atoms with Gasteiger partial charge >= 0.3 is 17.5 Å². The highest BCUT2D eigenvalue weighted by molar-refractivity contribution is 5.86. The van der Waals surface area contributed by atoms with Crippen molar-refractivity contribution in [3.8, 4) is 0 Å². The first kappa shape index (κ1) is 16.1. The summed E-state index contributed by atoms with van der Waals surface area (Å²) in [5.74, 6) is -6.67. The van der Waals surface area contributed by atoms with Crippen LogP contribution < -0.4 is 11.2 Å². The molecule has 20 heavy (non-hydrogen) atoms. The summed E-state index contributed by atoms with van der Waals surface area (Å²) in [6.45, 7) is -0.0250. The molecule has 0 aliphatic heterocycles. The van der Waals surface area contributed by atoms with Gasteiger partial charge in [0.05, 0.1) is 6.61 Å². The van der Waals surface area contributed by atoms with Gasteiger partial charge in [-0.2, -0.15) is 8.78 Å². The molecule has 0 aliphatic rings. The zero-order chi connectivity index (χ0) is 15.7. The lowest BCUT2D eigenvalue weighted by atomic mass is 10.1. The first-order chi connectivity index (χ1) is 9.12. The number of H-pyrrole nitrogens is 1. The van der Waals surface area contributed by atoms with Crippen LogP contribution in [-0.4, -0.2) is 55.5 Å². The van der Waals surface area contributed by atoms with Gasteiger partial charge in [0.1, 0.15) is 6.10 Å². The molecule has 1 rings (SSSR count). The number of alkyl halides is 2. The van der Waals surface area contributed by atoms with E-state index >= 15 is 0 Å². The molecule has 4 N–H and O–H groups in total. The van der Waals surface area contributed by atoms with Gasteiger partial charge in [-0.25, -0.2) is 9.36 Å².